The van der Waals surface area contributed by atoms with Crippen LogP contribution in [0.5, 0.6) is 0 Å². The topological polar surface area (TPSA) is 50.5 Å². The predicted molar refractivity (Wildman–Crippen MR) is 92.8 cm³/mol. The maximum absolute atomic E-state index is 12.6. The Labute approximate surface area is 141 Å². The van der Waals surface area contributed by atoms with Crippen molar-refractivity contribution >= 4 is 21.8 Å². The summed E-state index contributed by atoms with van der Waals surface area (Å²) in [7, 11) is -3.33. The van der Waals surface area contributed by atoms with Gasteiger partial charge in [0.25, 0.3) is 0 Å². The van der Waals surface area contributed by atoms with Crippen LogP contribution in [0.4, 0.5) is 0 Å². The highest BCUT2D eigenvalue weighted by atomic mass is 32.2. The van der Waals surface area contributed by atoms with Gasteiger partial charge in [0, 0.05) is 13.1 Å². The summed E-state index contributed by atoms with van der Waals surface area (Å²) >= 11 is 1.86. The molecule has 0 bridgehead atoms. The molecule has 0 radical (unpaired) electrons. The molecule has 6 heteroatoms. The Bertz CT molecular complexity index is 691. The molecule has 0 amide bonds. The van der Waals surface area contributed by atoms with Gasteiger partial charge in [-0.05, 0) is 48.8 Å². The smallest absolute Gasteiger partial charge is 0.243 e. The number of hydrogen-bond acceptors (Lipinski definition) is 4. The molecule has 1 aromatic carbocycles. The third-order valence-corrected chi connectivity index (χ3v) is 7.24. The minimum atomic E-state index is -3.33. The Hall–Kier alpha value is -1.24. The van der Waals surface area contributed by atoms with Gasteiger partial charge >= 0.3 is 0 Å². The van der Waals surface area contributed by atoms with Crippen LogP contribution in [0.3, 0.4) is 0 Å². The van der Waals surface area contributed by atoms with E-state index in [0.29, 0.717) is 23.9 Å². The van der Waals surface area contributed by atoms with Crippen molar-refractivity contribution in [1.82, 2.24) is 4.31 Å². The van der Waals surface area contributed by atoms with Crippen molar-refractivity contribution in [1.29, 1.82) is 0 Å². The molecule has 1 fully saturated rings. The maximum atomic E-state index is 12.6. The van der Waals surface area contributed by atoms with Crippen molar-refractivity contribution in [3.63, 3.8) is 0 Å². The van der Waals surface area contributed by atoms with Gasteiger partial charge in [0.1, 0.15) is 5.76 Å². The standard InChI is InChI=1S/C17H21NO3S2/c19-23(20,17-6-2-1-3-7-17)18-10-8-15(9-11-18)13-22-14-16-5-4-12-21-16/h1-7,12,15H,8-11,13-14H2. The third kappa shape index (κ3) is 4.19. The molecule has 0 atom stereocenters. The summed E-state index contributed by atoms with van der Waals surface area (Å²) in [6.45, 7) is 1.23. The average Bonchev–Trinajstić information content (AvgIpc) is 3.10. The lowest BCUT2D eigenvalue weighted by Crippen LogP contribution is -2.38. The van der Waals surface area contributed by atoms with Gasteiger partial charge in [0.15, 0.2) is 0 Å². The summed E-state index contributed by atoms with van der Waals surface area (Å²) in [5.41, 5.74) is 0. The summed E-state index contributed by atoms with van der Waals surface area (Å²) in [4.78, 5) is 0.394. The molecule has 1 aliphatic heterocycles. The quantitative estimate of drug-likeness (QED) is 0.798. The van der Waals surface area contributed by atoms with Crippen LogP contribution in [0, 0.1) is 5.92 Å². The van der Waals surface area contributed by atoms with E-state index in [9.17, 15) is 8.42 Å². The zero-order valence-corrected chi connectivity index (χ0v) is 14.6. The first-order valence-electron chi connectivity index (χ1n) is 7.81. The molecule has 4 nitrogen and oxygen atoms in total. The number of rotatable bonds is 6. The van der Waals surface area contributed by atoms with Crippen molar-refractivity contribution in [3.8, 4) is 0 Å². The van der Waals surface area contributed by atoms with E-state index in [1.807, 2.05) is 30.0 Å². The molecule has 2 heterocycles. The molecule has 0 saturated carbocycles. The highest BCUT2D eigenvalue weighted by Gasteiger charge is 2.29. The van der Waals surface area contributed by atoms with Crippen molar-refractivity contribution in [2.24, 2.45) is 5.92 Å². The first kappa shape index (κ1) is 16.6. The Balaban J connectivity index is 1.48. The number of thioether (sulfide) groups is 1. The van der Waals surface area contributed by atoms with E-state index in [2.05, 4.69) is 0 Å². The van der Waals surface area contributed by atoms with Crippen LogP contribution in [0.2, 0.25) is 0 Å². The minimum absolute atomic E-state index is 0.394. The lowest BCUT2D eigenvalue weighted by Gasteiger charge is -2.31. The number of hydrogen-bond donors (Lipinski definition) is 0. The summed E-state index contributed by atoms with van der Waals surface area (Å²) < 4.78 is 32.1. The molecule has 0 aliphatic carbocycles. The van der Waals surface area contributed by atoms with Gasteiger partial charge in [-0.25, -0.2) is 8.42 Å². The third-order valence-electron chi connectivity index (χ3n) is 4.13. The lowest BCUT2D eigenvalue weighted by molar-refractivity contribution is 0.291. The molecule has 1 saturated heterocycles. The van der Waals surface area contributed by atoms with Crippen molar-refractivity contribution < 1.29 is 12.8 Å². The molecule has 2 aromatic rings. The lowest BCUT2D eigenvalue weighted by atomic mass is 10.0. The Morgan fingerprint density at radius 1 is 1.09 bits per heavy atom. The first-order chi connectivity index (χ1) is 11.2. The molecular formula is C17H21NO3S2. The average molecular weight is 351 g/mol. The number of piperidine rings is 1. The first-order valence-corrected chi connectivity index (χ1v) is 10.4. The second-order valence-electron chi connectivity index (χ2n) is 5.76. The normalized spacial score (nSPS) is 17.4. The van der Waals surface area contributed by atoms with Gasteiger partial charge in [-0.1, -0.05) is 18.2 Å². The van der Waals surface area contributed by atoms with Crippen molar-refractivity contribution in [3.05, 3.63) is 54.5 Å². The van der Waals surface area contributed by atoms with Gasteiger partial charge < -0.3 is 4.42 Å². The number of sulfonamides is 1. The minimum Gasteiger partial charge on any atom is -0.468 e. The van der Waals surface area contributed by atoms with Crippen LogP contribution in [0.25, 0.3) is 0 Å². The molecule has 1 aromatic heterocycles. The molecule has 0 N–H and O–H groups in total. The van der Waals surface area contributed by atoms with E-state index < -0.39 is 10.0 Å². The molecule has 23 heavy (non-hydrogen) atoms. The monoisotopic (exact) mass is 351 g/mol. The molecule has 1 aliphatic rings. The van der Waals surface area contributed by atoms with Gasteiger partial charge in [-0.15, -0.1) is 0 Å². The molecular weight excluding hydrogens is 330 g/mol. The Morgan fingerprint density at radius 3 is 2.48 bits per heavy atom. The van der Waals surface area contributed by atoms with Crippen molar-refractivity contribution in [2.75, 3.05) is 18.8 Å². The second kappa shape index (κ2) is 7.55. The highest BCUT2D eigenvalue weighted by molar-refractivity contribution is 7.98. The zero-order valence-electron chi connectivity index (χ0n) is 12.9. The van der Waals surface area contributed by atoms with Gasteiger partial charge in [-0.3, -0.25) is 0 Å². The second-order valence-corrected chi connectivity index (χ2v) is 8.72. The zero-order chi connectivity index (χ0) is 16.1. The predicted octanol–water partition coefficient (Wildman–Crippen LogP) is 3.61. The van der Waals surface area contributed by atoms with E-state index in [4.69, 9.17) is 4.42 Å². The van der Waals surface area contributed by atoms with Gasteiger partial charge in [0.05, 0.1) is 16.9 Å². The largest absolute Gasteiger partial charge is 0.468 e. The van der Waals surface area contributed by atoms with Crippen LogP contribution in [-0.4, -0.2) is 31.6 Å². The van der Waals surface area contributed by atoms with Crippen LogP contribution in [0.1, 0.15) is 18.6 Å². The highest BCUT2D eigenvalue weighted by Crippen LogP contribution is 2.27. The van der Waals surface area contributed by atoms with E-state index in [1.165, 1.54) is 0 Å². The van der Waals surface area contributed by atoms with E-state index in [1.54, 1.807) is 34.8 Å². The Morgan fingerprint density at radius 2 is 1.83 bits per heavy atom. The Kier molecular flexibility index (Phi) is 5.46. The van der Waals surface area contributed by atoms with Crippen LogP contribution >= 0.6 is 11.8 Å². The fourth-order valence-corrected chi connectivity index (χ4v) is 5.42. The molecule has 0 spiro atoms. The van der Waals surface area contributed by atoms with Crippen molar-refractivity contribution in [2.45, 2.75) is 23.5 Å². The molecule has 124 valence electrons. The van der Waals surface area contributed by atoms with E-state index in [0.717, 1.165) is 30.1 Å². The van der Waals surface area contributed by atoms with Gasteiger partial charge in [0.2, 0.25) is 10.0 Å². The van der Waals surface area contributed by atoms with E-state index >= 15 is 0 Å². The summed E-state index contributed by atoms with van der Waals surface area (Å²) in [6, 6.07) is 12.6. The fraction of sp³-hybridized carbons (Fsp3) is 0.412. The van der Waals surface area contributed by atoms with Crippen LogP contribution in [-0.2, 0) is 15.8 Å². The van der Waals surface area contributed by atoms with Crippen LogP contribution in [0.15, 0.2) is 58.0 Å². The van der Waals surface area contributed by atoms with E-state index in [-0.39, 0.29) is 0 Å². The number of nitrogens with zero attached hydrogens (tertiary/aromatic N) is 1. The fourth-order valence-electron chi connectivity index (χ4n) is 2.78. The van der Waals surface area contributed by atoms with Crippen LogP contribution < -0.4 is 0 Å². The number of furan rings is 1. The summed E-state index contributed by atoms with van der Waals surface area (Å²) in [5, 5.41) is 0. The summed E-state index contributed by atoms with van der Waals surface area (Å²) in [5.74, 6) is 3.52. The molecule has 0 unspecified atom stereocenters. The number of benzene rings is 1. The molecule has 3 rings (SSSR count). The van der Waals surface area contributed by atoms with Gasteiger partial charge in [-0.2, -0.15) is 16.1 Å². The summed E-state index contributed by atoms with van der Waals surface area (Å²) in [6.07, 6.45) is 3.55. The maximum Gasteiger partial charge on any atom is 0.243 e. The SMILES string of the molecule is O=S(=O)(c1ccccc1)N1CCC(CSCc2ccco2)CC1.